The summed E-state index contributed by atoms with van der Waals surface area (Å²) in [7, 11) is 0. The van der Waals surface area contributed by atoms with Crippen LogP contribution < -0.4 is 0 Å². The van der Waals surface area contributed by atoms with Crippen LogP contribution in [0.15, 0.2) is 0 Å². The van der Waals surface area contributed by atoms with Crippen LogP contribution in [0, 0.1) is 5.92 Å². The Morgan fingerprint density at radius 2 is 2.31 bits per heavy atom. The minimum Gasteiger partial charge on any atom is -0.396 e. The van der Waals surface area contributed by atoms with Crippen LogP contribution in [0.25, 0.3) is 0 Å². The van der Waals surface area contributed by atoms with Crippen molar-refractivity contribution in [3.8, 4) is 0 Å². The first kappa shape index (κ1) is 9.16. The Morgan fingerprint density at radius 3 is 2.92 bits per heavy atom. The molecule has 3 heteroatoms. The molecule has 0 aromatic carbocycles. The summed E-state index contributed by atoms with van der Waals surface area (Å²) >= 11 is 0. The Morgan fingerprint density at radius 1 is 1.54 bits per heavy atom. The molecule has 0 saturated carbocycles. The predicted octanol–water partition coefficient (Wildman–Crippen LogP) is 0.421. The van der Waals surface area contributed by atoms with Gasteiger partial charge in [-0.3, -0.25) is 9.69 Å². The molecule has 74 valence electrons. The number of rotatable bonds is 2. The van der Waals surface area contributed by atoms with Gasteiger partial charge in [-0.2, -0.15) is 0 Å². The topological polar surface area (TPSA) is 40.5 Å². The zero-order chi connectivity index (χ0) is 9.42. The third-order valence-corrected chi connectivity index (χ3v) is 3.47. The number of aliphatic hydroxyl groups excluding tert-OH is 1. The van der Waals surface area contributed by atoms with E-state index in [0.29, 0.717) is 24.4 Å². The fourth-order valence-electron chi connectivity index (χ4n) is 2.76. The van der Waals surface area contributed by atoms with E-state index in [0.717, 1.165) is 19.3 Å². The van der Waals surface area contributed by atoms with Gasteiger partial charge in [0.15, 0.2) is 0 Å². The smallest absolute Gasteiger partial charge is 0.150 e. The third-order valence-electron chi connectivity index (χ3n) is 3.47. The van der Waals surface area contributed by atoms with E-state index in [-0.39, 0.29) is 12.5 Å². The molecule has 3 aliphatic heterocycles. The lowest BCUT2D eigenvalue weighted by Crippen LogP contribution is -2.58. The van der Waals surface area contributed by atoms with E-state index >= 15 is 0 Å². The van der Waals surface area contributed by atoms with Crippen LogP contribution in [0.2, 0.25) is 0 Å². The van der Waals surface area contributed by atoms with Gasteiger partial charge in [-0.25, -0.2) is 0 Å². The summed E-state index contributed by atoms with van der Waals surface area (Å²) in [6.45, 7) is 3.05. The molecular formula is C10H17NO2. The average molecular weight is 183 g/mol. The van der Waals surface area contributed by atoms with Crippen LogP contribution in [0.1, 0.15) is 26.2 Å². The fraction of sp³-hybridized carbons (Fsp3) is 0.900. The molecule has 13 heavy (non-hydrogen) atoms. The number of carbonyl (C=O) groups excluding carboxylic acids is 1. The summed E-state index contributed by atoms with van der Waals surface area (Å²) in [5.41, 5.74) is 0. The molecule has 1 N–H and O–H groups in total. The molecule has 0 radical (unpaired) electrons. The number of aliphatic hydroxyl groups is 1. The van der Waals surface area contributed by atoms with Gasteiger partial charge < -0.3 is 5.11 Å². The van der Waals surface area contributed by atoms with Crippen molar-refractivity contribution < 1.29 is 9.90 Å². The highest BCUT2D eigenvalue weighted by Crippen LogP contribution is 2.34. The van der Waals surface area contributed by atoms with Crippen molar-refractivity contribution >= 4 is 5.78 Å². The SMILES string of the molecule is CC1CC2CC(CCO)N1CC2=O. The van der Waals surface area contributed by atoms with Crippen molar-refractivity contribution in [3.63, 3.8) is 0 Å². The first-order valence-corrected chi connectivity index (χ1v) is 5.11. The van der Waals surface area contributed by atoms with Gasteiger partial charge in [-0.15, -0.1) is 0 Å². The third kappa shape index (κ3) is 1.51. The minimum atomic E-state index is 0.245. The Kier molecular flexibility index (Phi) is 2.39. The fourth-order valence-corrected chi connectivity index (χ4v) is 2.76. The maximum atomic E-state index is 11.4. The number of nitrogens with zero attached hydrogens (tertiary/aromatic N) is 1. The quantitative estimate of drug-likeness (QED) is 0.674. The van der Waals surface area contributed by atoms with Gasteiger partial charge in [0, 0.05) is 24.6 Å². The van der Waals surface area contributed by atoms with Gasteiger partial charge in [0.1, 0.15) is 5.78 Å². The van der Waals surface area contributed by atoms with E-state index in [9.17, 15) is 4.79 Å². The molecule has 3 fully saturated rings. The number of carbonyl (C=O) groups is 1. The lowest BCUT2D eigenvalue weighted by atomic mass is 9.78. The summed E-state index contributed by atoms with van der Waals surface area (Å²) in [6, 6.07) is 0.990. The molecule has 0 aromatic rings. The number of piperidine rings is 3. The van der Waals surface area contributed by atoms with E-state index < -0.39 is 0 Å². The first-order valence-electron chi connectivity index (χ1n) is 5.11. The predicted molar refractivity (Wildman–Crippen MR) is 49.4 cm³/mol. The van der Waals surface area contributed by atoms with E-state index in [2.05, 4.69) is 11.8 Å². The molecule has 0 amide bonds. The maximum absolute atomic E-state index is 11.4. The second-order valence-electron chi connectivity index (χ2n) is 4.32. The molecule has 3 aliphatic rings. The molecule has 3 nitrogen and oxygen atoms in total. The van der Waals surface area contributed by atoms with Gasteiger partial charge >= 0.3 is 0 Å². The number of ketones is 1. The second kappa shape index (κ2) is 3.39. The standard InChI is InChI=1S/C10H17NO2/c1-7-4-8-5-9(2-3-12)11(7)6-10(8)13/h7-9,12H,2-6H2,1H3. The molecule has 3 rings (SSSR count). The highest BCUT2D eigenvalue weighted by atomic mass is 16.3. The number of Topliss-reactive ketones (excluding diaryl/α,β-unsaturated/α-hetero) is 1. The average Bonchev–Trinajstić information content (AvgIpc) is 2.09. The highest BCUT2D eigenvalue weighted by Gasteiger charge is 2.42. The van der Waals surface area contributed by atoms with Crippen LogP contribution >= 0.6 is 0 Å². The lowest BCUT2D eigenvalue weighted by molar-refractivity contribution is -0.137. The lowest BCUT2D eigenvalue weighted by Gasteiger charge is -2.48. The Hall–Kier alpha value is -0.410. The zero-order valence-corrected chi connectivity index (χ0v) is 8.07. The molecule has 3 heterocycles. The summed E-state index contributed by atoms with van der Waals surface area (Å²) in [5.74, 6) is 0.698. The summed E-state index contributed by atoms with van der Waals surface area (Å²) < 4.78 is 0. The first-order chi connectivity index (χ1) is 6.22. The van der Waals surface area contributed by atoms with Gasteiger partial charge in [0.25, 0.3) is 0 Å². The molecule has 3 saturated heterocycles. The molecule has 0 aromatic heterocycles. The van der Waals surface area contributed by atoms with Crippen molar-refractivity contribution in [1.29, 1.82) is 0 Å². The van der Waals surface area contributed by atoms with Gasteiger partial charge in [-0.05, 0) is 26.2 Å². The van der Waals surface area contributed by atoms with E-state index in [1.54, 1.807) is 0 Å². The van der Waals surface area contributed by atoms with Crippen LogP contribution in [0.4, 0.5) is 0 Å². The van der Waals surface area contributed by atoms with Crippen molar-refractivity contribution in [3.05, 3.63) is 0 Å². The van der Waals surface area contributed by atoms with E-state index in [1.165, 1.54) is 0 Å². The summed E-state index contributed by atoms with van der Waals surface area (Å²) in [4.78, 5) is 13.7. The summed E-state index contributed by atoms with van der Waals surface area (Å²) in [5, 5.41) is 8.89. The summed E-state index contributed by atoms with van der Waals surface area (Å²) in [6.07, 6.45) is 2.83. The van der Waals surface area contributed by atoms with Crippen molar-refractivity contribution in [2.24, 2.45) is 5.92 Å². The number of fused-ring (bicyclic) bond motifs is 3. The van der Waals surface area contributed by atoms with Crippen LogP contribution in [0.5, 0.6) is 0 Å². The van der Waals surface area contributed by atoms with Crippen LogP contribution in [-0.2, 0) is 4.79 Å². The molecular weight excluding hydrogens is 166 g/mol. The molecule has 4 atom stereocenters. The molecule has 0 aliphatic carbocycles. The van der Waals surface area contributed by atoms with Crippen molar-refractivity contribution in [2.45, 2.75) is 38.3 Å². The highest BCUT2D eigenvalue weighted by molar-refractivity contribution is 5.84. The zero-order valence-electron chi connectivity index (χ0n) is 8.07. The molecule has 0 spiro atoms. The Balaban J connectivity index is 2.07. The number of hydrogen-bond acceptors (Lipinski definition) is 3. The molecule has 2 bridgehead atoms. The Bertz CT molecular complexity index is 217. The van der Waals surface area contributed by atoms with Gasteiger partial charge in [0.05, 0.1) is 6.54 Å². The number of hydrogen-bond donors (Lipinski definition) is 1. The van der Waals surface area contributed by atoms with Crippen LogP contribution in [0.3, 0.4) is 0 Å². The normalized spacial score (nSPS) is 44.0. The second-order valence-corrected chi connectivity index (χ2v) is 4.32. The Labute approximate surface area is 78.7 Å². The van der Waals surface area contributed by atoms with Crippen molar-refractivity contribution in [2.75, 3.05) is 13.2 Å². The van der Waals surface area contributed by atoms with E-state index in [1.807, 2.05) is 0 Å². The largest absolute Gasteiger partial charge is 0.396 e. The van der Waals surface area contributed by atoms with Crippen molar-refractivity contribution in [1.82, 2.24) is 4.90 Å². The van der Waals surface area contributed by atoms with E-state index in [4.69, 9.17) is 5.11 Å². The molecule has 4 unspecified atom stereocenters. The maximum Gasteiger partial charge on any atom is 0.150 e. The van der Waals surface area contributed by atoms with Crippen LogP contribution in [-0.4, -0.2) is 41.0 Å². The minimum absolute atomic E-state index is 0.245. The van der Waals surface area contributed by atoms with Gasteiger partial charge in [-0.1, -0.05) is 0 Å². The van der Waals surface area contributed by atoms with Gasteiger partial charge in [0.2, 0.25) is 0 Å². The monoisotopic (exact) mass is 183 g/mol.